The number of thiophene rings is 1. The van der Waals surface area contributed by atoms with Gasteiger partial charge in [0, 0.05) is 4.53 Å². The van der Waals surface area contributed by atoms with Gasteiger partial charge in [0.05, 0.1) is 0 Å². The molecule has 0 saturated carbocycles. The van der Waals surface area contributed by atoms with E-state index in [1.807, 2.05) is 0 Å². The highest BCUT2D eigenvalue weighted by atomic mass is 32.1. The molecule has 0 atom stereocenters. The lowest BCUT2D eigenvalue weighted by Crippen LogP contribution is -2.14. The molecule has 70 valence electrons. The highest BCUT2D eigenvalue weighted by molar-refractivity contribution is 7.07. The van der Waals surface area contributed by atoms with Gasteiger partial charge in [0.2, 0.25) is 0 Å². The van der Waals surface area contributed by atoms with Crippen LogP contribution in [-0.2, 0) is 0 Å². The number of allylic oxidation sites excluding steroid dienone is 2. The van der Waals surface area contributed by atoms with Crippen LogP contribution in [0.5, 0.6) is 0 Å². The lowest BCUT2D eigenvalue weighted by atomic mass is 10.1. The Morgan fingerprint density at radius 2 is 2.23 bits per heavy atom. The normalized spacial score (nSPS) is 14.2. The molecule has 1 heteroatoms. The third-order valence-electron chi connectivity index (χ3n) is 2.22. The summed E-state index contributed by atoms with van der Waals surface area (Å²) in [4.78, 5) is 0. The Morgan fingerprint density at radius 1 is 1.54 bits per heavy atom. The van der Waals surface area contributed by atoms with E-state index >= 15 is 0 Å². The molecule has 1 aromatic heterocycles. The molecule has 0 aliphatic rings. The molecule has 13 heavy (non-hydrogen) atoms. The van der Waals surface area contributed by atoms with E-state index in [1.54, 1.807) is 11.3 Å². The van der Waals surface area contributed by atoms with E-state index < -0.39 is 0 Å². The van der Waals surface area contributed by atoms with E-state index in [0.717, 1.165) is 4.53 Å². The summed E-state index contributed by atoms with van der Waals surface area (Å²) in [5, 5.41) is 3.32. The van der Waals surface area contributed by atoms with Crippen LogP contribution in [0.3, 0.4) is 0 Å². The summed E-state index contributed by atoms with van der Waals surface area (Å²) < 4.78 is 1.15. The topological polar surface area (TPSA) is 0 Å². The van der Waals surface area contributed by atoms with Gasteiger partial charge in [0.1, 0.15) is 0 Å². The Hall–Kier alpha value is -0.820. The summed E-state index contributed by atoms with van der Waals surface area (Å²) in [7, 11) is 0. The molecule has 0 amide bonds. The van der Waals surface area contributed by atoms with Crippen molar-refractivity contribution in [1.29, 1.82) is 0 Å². The van der Waals surface area contributed by atoms with Gasteiger partial charge in [0.15, 0.2) is 0 Å². The average Bonchev–Trinajstić information content (AvgIpc) is 2.47. The molecule has 0 spiro atoms. The fourth-order valence-electron chi connectivity index (χ4n) is 0.913. The monoisotopic (exact) mass is 192 g/mol. The fraction of sp³-hybridized carbons (Fsp3) is 0.333. The van der Waals surface area contributed by atoms with E-state index in [0.29, 0.717) is 5.92 Å². The van der Waals surface area contributed by atoms with Gasteiger partial charge >= 0.3 is 0 Å². The first-order valence-corrected chi connectivity index (χ1v) is 5.40. The molecule has 0 radical (unpaired) electrons. The molecule has 0 fully saturated rings. The third kappa shape index (κ3) is 2.85. The second kappa shape index (κ2) is 4.43. The maximum absolute atomic E-state index is 3.96. The Bertz CT molecular complexity index is 393. The van der Waals surface area contributed by atoms with Crippen molar-refractivity contribution in [3.05, 3.63) is 32.8 Å². The number of hydrogen-bond donors (Lipinski definition) is 0. The fourth-order valence-corrected chi connectivity index (χ4v) is 1.56. The van der Waals surface area contributed by atoms with Crippen molar-refractivity contribution >= 4 is 24.0 Å². The molecule has 0 N–H and O–H groups in total. The molecule has 1 rings (SSSR count). The van der Waals surface area contributed by atoms with Crippen molar-refractivity contribution in [3.8, 4) is 0 Å². The van der Waals surface area contributed by atoms with Gasteiger partial charge in [-0.2, -0.15) is 0 Å². The van der Waals surface area contributed by atoms with Gasteiger partial charge in [-0.25, -0.2) is 0 Å². The average molecular weight is 192 g/mol. The zero-order valence-electron chi connectivity index (χ0n) is 8.50. The van der Waals surface area contributed by atoms with Gasteiger partial charge in [-0.15, -0.1) is 11.3 Å². The zero-order valence-corrected chi connectivity index (χ0v) is 9.32. The Morgan fingerprint density at radius 3 is 2.69 bits per heavy atom. The predicted molar refractivity (Wildman–Crippen MR) is 62.2 cm³/mol. The molecular weight excluding hydrogens is 176 g/mol. The van der Waals surface area contributed by atoms with E-state index in [1.165, 1.54) is 10.8 Å². The van der Waals surface area contributed by atoms with Crippen molar-refractivity contribution < 1.29 is 0 Å². The van der Waals surface area contributed by atoms with Crippen LogP contribution in [0, 0.1) is 5.92 Å². The summed E-state index contributed by atoms with van der Waals surface area (Å²) in [6.45, 7) is 10.5. The largest absolute Gasteiger partial charge is 0.144 e. The standard InChI is InChI=1S/C12H16S/c1-9(2)10(3)5-6-12-7-8-13-11(12)4/h5-9H,4H2,1-3H3/b10-5+,12-6-. The first-order chi connectivity index (χ1) is 6.11. The summed E-state index contributed by atoms with van der Waals surface area (Å²) >= 11 is 1.69. The van der Waals surface area contributed by atoms with Crippen LogP contribution in [0.1, 0.15) is 20.8 Å². The minimum Gasteiger partial charge on any atom is -0.144 e. The molecule has 0 nitrogen and oxygen atoms in total. The molecule has 0 aliphatic heterocycles. The maximum Gasteiger partial charge on any atom is 0.0270 e. The summed E-state index contributed by atoms with van der Waals surface area (Å²) in [5.74, 6) is 0.628. The first kappa shape index (κ1) is 10.3. The van der Waals surface area contributed by atoms with E-state index in [4.69, 9.17) is 0 Å². The van der Waals surface area contributed by atoms with Crippen LogP contribution in [0.2, 0.25) is 0 Å². The smallest absolute Gasteiger partial charge is 0.0270 e. The molecule has 1 heterocycles. The molecule has 0 saturated heterocycles. The van der Waals surface area contributed by atoms with Crippen LogP contribution in [0.25, 0.3) is 12.7 Å². The molecule has 0 unspecified atom stereocenters. The van der Waals surface area contributed by atoms with Crippen molar-refractivity contribution in [1.82, 2.24) is 0 Å². The third-order valence-corrected chi connectivity index (χ3v) is 3.01. The Balaban J connectivity index is 2.98. The van der Waals surface area contributed by atoms with Gasteiger partial charge in [-0.05, 0) is 29.5 Å². The summed E-state index contributed by atoms with van der Waals surface area (Å²) in [6.07, 6.45) is 4.33. The van der Waals surface area contributed by atoms with Crippen LogP contribution < -0.4 is 9.75 Å². The van der Waals surface area contributed by atoms with Gasteiger partial charge in [-0.3, -0.25) is 0 Å². The molecule has 1 aromatic rings. The minimum atomic E-state index is 0.628. The number of rotatable bonds is 2. The van der Waals surface area contributed by atoms with Gasteiger partial charge < -0.3 is 0 Å². The lowest BCUT2D eigenvalue weighted by Gasteiger charge is -2.01. The molecule has 0 aliphatic carbocycles. The van der Waals surface area contributed by atoms with Gasteiger partial charge in [-0.1, -0.05) is 38.2 Å². The van der Waals surface area contributed by atoms with Crippen molar-refractivity contribution in [2.75, 3.05) is 0 Å². The van der Waals surface area contributed by atoms with Crippen LogP contribution >= 0.6 is 11.3 Å². The zero-order chi connectivity index (χ0) is 9.84. The molecule has 0 bridgehead atoms. The Kier molecular flexibility index (Phi) is 3.49. The van der Waals surface area contributed by atoms with Crippen molar-refractivity contribution in [2.24, 2.45) is 5.92 Å². The van der Waals surface area contributed by atoms with E-state index in [2.05, 4.69) is 50.9 Å². The second-order valence-corrected chi connectivity index (χ2v) is 4.53. The number of hydrogen-bond acceptors (Lipinski definition) is 1. The summed E-state index contributed by atoms with van der Waals surface area (Å²) in [6, 6.07) is 2.11. The minimum absolute atomic E-state index is 0.628. The van der Waals surface area contributed by atoms with Crippen molar-refractivity contribution in [2.45, 2.75) is 20.8 Å². The van der Waals surface area contributed by atoms with Crippen LogP contribution in [0.4, 0.5) is 0 Å². The lowest BCUT2D eigenvalue weighted by molar-refractivity contribution is 0.770. The van der Waals surface area contributed by atoms with E-state index in [9.17, 15) is 0 Å². The first-order valence-electron chi connectivity index (χ1n) is 4.52. The highest BCUT2D eigenvalue weighted by Gasteiger charge is 1.92. The van der Waals surface area contributed by atoms with E-state index in [-0.39, 0.29) is 0 Å². The van der Waals surface area contributed by atoms with Crippen molar-refractivity contribution in [3.63, 3.8) is 0 Å². The quantitative estimate of drug-likeness (QED) is 0.675. The molecule has 0 aromatic carbocycles. The predicted octanol–water partition coefficient (Wildman–Crippen LogP) is 2.54. The second-order valence-electron chi connectivity index (χ2n) is 3.53. The summed E-state index contributed by atoms with van der Waals surface area (Å²) in [5.41, 5.74) is 1.41. The highest BCUT2D eigenvalue weighted by Crippen LogP contribution is 2.06. The van der Waals surface area contributed by atoms with Gasteiger partial charge in [0.25, 0.3) is 0 Å². The van der Waals surface area contributed by atoms with Crippen LogP contribution in [0.15, 0.2) is 23.1 Å². The Labute approximate surface area is 83.9 Å². The SMILES string of the molecule is C=c1scc/c1=C/C=C(\C)C(C)C. The molecular formula is C12H16S. The van der Waals surface area contributed by atoms with Crippen LogP contribution in [-0.4, -0.2) is 0 Å². The maximum atomic E-state index is 3.96.